The van der Waals surface area contributed by atoms with Crippen LogP contribution >= 0.6 is 0 Å². The highest BCUT2D eigenvalue weighted by Crippen LogP contribution is 2.41. The number of nitrogens with zero attached hydrogens (tertiary/aromatic N) is 4. The zero-order valence-corrected chi connectivity index (χ0v) is 16.4. The van der Waals surface area contributed by atoms with Crippen molar-refractivity contribution >= 4 is 15.7 Å². The first-order valence-electron chi connectivity index (χ1n) is 9.14. The average Bonchev–Trinajstić information content (AvgIpc) is 3.05. The van der Waals surface area contributed by atoms with Gasteiger partial charge in [0, 0.05) is 64.1 Å². The van der Waals surface area contributed by atoms with Crippen molar-refractivity contribution in [2.24, 2.45) is 7.05 Å². The predicted molar refractivity (Wildman–Crippen MR) is 102 cm³/mol. The molecular formula is C18H25N5O3S. The van der Waals surface area contributed by atoms with Gasteiger partial charge in [0.05, 0.1) is 12.3 Å². The monoisotopic (exact) mass is 391 g/mol. The van der Waals surface area contributed by atoms with Gasteiger partial charge in [-0.2, -0.15) is 13.5 Å². The number of ether oxygens (including phenoxy) is 1. The number of nitrogens with one attached hydrogen (secondary N) is 1. The summed E-state index contributed by atoms with van der Waals surface area (Å²) < 4.78 is 35.2. The highest BCUT2D eigenvalue weighted by molar-refractivity contribution is 7.92. The summed E-state index contributed by atoms with van der Waals surface area (Å²) in [6.07, 6.45) is 1.28. The van der Waals surface area contributed by atoms with E-state index in [0.717, 1.165) is 38.3 Å². The molecule has 2 aliphatic heterocycles. The molecule has 4 rings (SSSR count). The molecule has 1 fully saturated rings. The summed E-state index contributed by atoms with van der Waals surface area (Å²) in [7, 11) is -0.430. The van der Waals surface area contributed by atoms with E-state index in [9.17, 15) is 8.42 Å². The molecule has 1 atom stereocenters. The molecule has 0 radical (unpaired) electrons. The molecule has 0 aliphatic carbocycles. The van der Waals surface area contributed by atoms with E-state index >= 15 is 0 Å². The lowest BCUT2D eigenvalue weighted by molar-refractivity contribution is 0.0563. The summed E-state index contributed by atoms with van der Waals surface area (Å²) in [6, 6.07) is 7.49. The number of para-hydroxylation sites is 1. The van der Waals surface area contributed by atoms with Gasteiger partial charge in [-0.1, -0.05) is 18.2 Å². The predicted octanol–water partition coefficient (Wildman–Crippen LogP) is 0.570. The molecular weight excluding hydrogens is 366 g/mol. The van der Waals surface area contributed by atoms with Crippen LogP contribution in [-0.2, 0) is 21.8 Å². The molecule has 2 aromatic rings. The molecule has 27 heavy (non-hydrogen) atoms. The topological polar surface area (TPSA) is 79.7 Å². The maximum atomic E-state index is 13.0. The first-order chi connectivity index (χ1) is 13.0. The van der Waals surface area contributed by atoms with E-state index in [0.29, 0.717) is 17.9 Å². The Balaban J connectivity index is 1.68. The van der Waals surface area contributed by atoms with Crippen LogP contribution in [0, 0.1) is 0 Å². The second-order valence-electron chi connectivity index (χ2n) is 6.94. The fourth-order valence-corrected chi connectivity index (χ4v) is 5.08. The summed E-state index contributed by atoms with van der Waals surface area (Å²) in [5.41, 5.74) is 2.07. The van der Waals surface area contributed by atoms with Gasteiger partial charge in [-0.15, -0.1) is 0 Å². The number of aryl methyl sites for hydroxylation is 1. The summed E-state index contributed by atoms with van der Waals surface area (Å²) >= 11 is 0. The average molecular weight is 391 g/mol. The van der Waals surface area contributed by atoms with Crippen molar-refractivity contribution < 1.29 is 13.2 Å². The van der Waals surface area contributed by atoms with Gasteiger partial charge in [-0.3, -0.25) is 13.9 Å². The zero-order chi connectivity index (χ0) is 19.0. The number of sulfonamides is 1. The Morgan fingerprint density at radius 3 is 2.70 bits per heavy atom. The van der Waals surface area contributed by atoms with Gasteiger partial charge in [0.1, 0.15) is 6.10 Å². The van der Waals surface area contributed by atoms with Crippen molar-refractivity contribution in [1.82, 2.24) is 20.0 Å². The van der Waals surface area contributed by atoms with Gasteiger partial charge in [-0.25, -0.2) is 0 Å². The van der Waals surface area contributed by atoms with Crippen LogP contribution in [0.5, 0.6) is 0 Å². The molecule has 9 heteroatoms. The molecule has 1 aromatic heterocycles. The summed E-state index contributed by atoms with van der Waals surface area (Å²) in [6.45, 7) is 5.32. The Morgan fingerprint density at radius 2 is 1.93 bits per heavy atom. The minimum Gasteiger partial charge on any atom is -0.367 e. The number of aromatic nitrogens is 2. The molecule has 0 saturated carbocycles. The standard InChI is InChI=1S/C18H25N5O3S/c1-21-13-15-17(26-12-11-23-9-7-19-8-10-23)14-5-3-4-6-16(14)22(2)27(24,25)18(15)20-21/h3-6,13,17,19H,7-12H2,1-2H3. The quantitative estimate of drug-likeness (QED) is 0.821. The third-order valence-corrected chi connectivity index (χ3v) is 6.89. The van der Waals surface area contributed by atoms with E-state index in [1.54, 1.807) is 20.3 Å². The molecule has 1 saturated heterocycles. The first kappa shape index (κ1) is 18.4. The van der Waals surface area contributed by atoms with Gasteiger partial charge in [-0.05, 0) is 6.07 Å². The molecule has 0 spiro atoms. The van der Waals surface area contributed by atoms with Crippen LogP contribution in [-0.4, -0.2) is 69.5 Å². The summed E-state index contributed by atoms with van der Waals surface area (Å²) in [4.78, 5) is 2.35. The van der Waals surface area contributed by atoms with Crippen molar-refractivity contribution in [2.45, 2.75) is 11.1 Å². The molecule has 2 aliphatic rings. The van der Waals surface area contributed by atoms with E-state index < -0.39 is 16.1 Å². The Bertz CT molecular complexity index is 921. The third-order valence-electron chi connectivity index (χ3n) is 5.17. The molecule has 146 valence electrons. The molecule has 0 amide bonds. The van der Waals surface area contributed by atoms with Crippen LogP contribution in [0.15, 0.2) is 35.5 Å². The highest BCUT2D eigenvalue weighted by atomic mass is 32.2. The zero-order valence-electron chi connectivity index (χ0n) is 15.6. The Morgan fingerprint density at radius 1 is 1.19 bits per heavy atom. The van der Waals surface area contributed by atoms with Crippen LogP contribution in [0.3, 0.4) is 0 Å². The summed E-state index contributed by atoms with van der Waals surface area (Å²) in [5.74, 6) is 0. The van der Waals surface area contributed by atoms with E-state index in [-0.39, 0.29) is 5.03 Å². The maximum absolute atomic E-state index is 13.0. The van der Waals surface area contributed by atoms with Crippen LogP contribution in [0.1, 0.15) is 17.2 Å². The lowest BCUT2D eigenvalue weighted by Crippen LogP contribution is -2.44. The number of benzene rings is 1. The van der Waals surface area contributed by atoms with Gasteiger partial charge < -0.3 is 10.1 Å². The lowest BCUT2D eigenvalue weighted by atomic mass is 10.0. The second kappa shape index (κ2) is 7.23. The lowest BCUT2D eigenvalue weighted by Gasteiger charge is -2.28. The van der Waals surface area contributed by atoms with E-state index in [1.807, 2.05) is 24.3 Å². The first-order valence-corrected chi connectivity index (χ1v) is 10.6. The Labute approximate surface area is 159 Å². The van der Waals surface area contributed by atoms with Crippen molar-refractivity contribution in [3.05, 3.63) is 41.6 Å². The fourth-order valence-electron chi connectivity index (χ4n) is 3.70. The smallest absolute Gasteiger partial charge is 0.283 e. The molecule has 1 aromatic carbocycles. The summed E-state index contributed by atoms with van der Waals surface area (Å²) in [5, 5.41) is 7.64. The Kier molecular flexibility index (Phi) is 4.94. The molecule has 1 N–H and O–H groups in total. The Hall–Kier alpha value is -1.94. The number of anilines is 1. The van der Waals surface area contributed by atoms with Crippen molar-refractivity contribution in [2.75, 3.05) is 50.7 Å². The maximum Gasteiger partial charge on any atom is 0.283 e. The number of rotatable bonds is 4. The second-order valence-corrected chi connectivity index (χ2v) is 8.82. The largest absolute Gasteiger partial charge is 0.367 e. The normalized spacial score (nSPS) is 22.1. The number of hydrogen-bond donors (Lipinski definition) is 1. The fraction of sp³-hybridized carbons (Fsp3) is 0.500. The molecule has 8 nitrogen and oxygen atoms in total. The van der Waals surface area contributed by atoms with E-state index in [1.165, 1.54) is 8.99 Å². The number of hydrogen-bond acceptors (Lipinski definition) is 6. The van der Waals surface area contributed by atoms with Gasteiger partial charge in [0.25, 0.3) is 10.0 Å². The molecule has 3 heterocycles. The molecule has 0 bridgehead atoms. The SMILES string of the molecule is CN1c2ccccc2C(OCCN2CCNCC2)c2cn(C)nc2S1(=O)=O. The number of piperazine rings is 1. The van der Waals surface area contributed by atoms with Gasteiger partial charge >= 0.3 is 0 Å². The van der Waals surface area contributed by atoms with Crippen LogP contribution in [0.2, 0.25) is 0 Å². The van der Waals surface area contributed by atoms with Crippen LogP contribution in [0.25, 0.3) is 0 Å². The number of fused-ring (bicyclic) bond motifs is 2. The highest BCUT2D eigenvalue weighted by Gasteiger charge is 2.38. The third kappa shape index (κ3) is 3.36. The van der Waals surface area contributed by atoms with Crippen molar-refractivity contribution in [3.63, 3.8) is 0 Å². The van der Waals surface area contributed by atoms with Crippen molar-refractivity contribution in [1.29, 1.82) is 0 Å². The minimum absolute atomic E-state index is 0.0656. The van der Waals surface area contributed by atoms with E-state index in [4.69, 9.17) is 4.74 Å². The van der Waals surface area contributed by atoms with E-state index in [2.05, 4.69) is 15.3 Å². The van der Waals surface area contributed by atoms with Crippen molar-refractivity contribution in [3.8, 4) is 0 Å². The van der Waals surface area contributed by atoms with Gasteiger partial charge in [0.2, 0.25) is 5.03 Å². The van der Waals surface area contributed by atoms with Gasteiger partial charge in [0.15, 0.2) is 0 Å². The van der Waals surface area contributed by atoms with Crippen LogP contribution < -0.4 is 9.62 Å². The minimum atomic E-state index is -3.73. The molecule has 1 unspecified atom stereocenters. The van der Waals surface area contributed by atoms with Crippen LogP contribution in [0.4, 0.5) is 5.69 Å².